The van der Waals surface area contributed by atoms with Crippen LogP contribution in [0.4, 0.5) is 5.82 Å². The van der Waals surface area contributed by atoms with Gasteiger partial charge in [-0.05, 0) is 96.9 Å². The van der Waals surface area contributed by atoms with Gasteiger partial charge in [-0.15, -0.1) is 0 Å². The van der Waals surface area contributed by atoms with Crippen LogP contribution in [0.1, 0.15) is 24.8 Å². The van der Waals surface area contributed by atoms with Crippen LogP contribution >= 0.6 is 51.3 Å². The number of anilines is 1. The molecule has 3 rings (SSSR count). The van der Waals surface area contributed by atoms with E-state index in [4.69, 9.17) is 35.4 Å². The summed E-state index contributed by atoms with van der Waals surface area (Å²) in [5.41, 5.74) is 1.07. The summed E-state index contributed by atoms with van der Waals surface area (Å²) in [5, 5.41) is 8.43. The van der Waals surface area contributed by atoms with Gasteiger partial charge in [0, 0.05) is 36.8 Å². The third kappa shape index (κ3) is 8.39. The molecule has 5 nitrogen and oxygen atoms in total. The monoisotopic (exact) mass is 543 g/mol. The zero-order valence-electron chi connectivity index (χ0n) is 17.4. The highest BCUT2D eigenvalue weighted by Crippen LogP contribution is 2.24. The Hall–Kier alpha value is -1.12. The van der Waals surface area contributed by atoms with Crippen LogP contribution in [-0.4, -0.2) is 54.3 Å². The van der Waals surface area contributed by atoms with Crippen molar-refractivity contribution in [1.82, 2.24) is 20.5 Å². The highest BCUT2D eigenvalue weighted by molar-refractivity contribution is 9.10. The van der Waals surface area contributed by atoms with E-state index >= 15 is 0 Å². The molecule has 0 unspecified atom stereocenters. The van der Waals surface area contributed by atoms with Gasteiger partial charge in [-0.1, -0.05) is 29.3 Å². The van der Waals surface area contributed by atoms with Crippen molar-refractivity contribution in [3.05, 3.63) is 56.6 Å². The van der Waals surface area contributed by atoms with E-state index in [9.17, 15) is 0 Å². The molecule has 0 saturated carbocycles. The first kappa shape index (κ1) is 24.5. The molecule has 31 heavy (non-hydrogen) atoms. The lowest BCUT2D eigenvalue weighted by atomic mass is 10.2. The molecule has 2 aromatic rings. The number of nitrogens with zero attached hydrogens (tertiary/aromatic N) is 3. The van der Waals surface area contributed by atoms with E-state index in [0.29, 0.717) is 28.2 Å². The van der Waals surface area contributed by atoms with Crippen molar-refractivity contribution < 1.29 is 0 Å². The molecule has 1 saturated heterocycles. The Bertz CT molecular complexity index is 846. The maximum absolute atomic E-state index is 6.20. The van der Waals surface area contributed by atoms with Crippen molar-refractivity contribution in [2.24, 2.45) is 0 Å². The van der Waals surface area contributed by atoms with Gasteiger partial charge in [0.05, 0.1) is 10.0 Å². The minimum atomic E-state index is 0.556. The number of aromatic nitrogens is 1. The summed E-state index contributed by atoms with van der Waals surface area (Å²) < 4.78 is 0.947. The van der Waals surface area contributed by atoms with Crippen LogP contribution in [0.15, 0.2) is 41.0 Å². The summed E-state index contributed by atoms with van der Waals surface area (Å²) in [4.78, 5) is 9.26. The van der Waals surface area contributed by atoms with Crippen LogP contribution in [0.2, 0.25) is 10.0 Å². The van der Waals surface area contributed by atoms with Crippen LogP contribution in [0.5, 0.6) is 0 Å². The Labute approximate surface area is 208 Å². The Morgan fingerprint density at radius 2 is 1.87 bits per heavy atom. The number of hydrogen-bond donors (Lipinski definition) is 2. The van der Waals surface area contributed by atoms with Gasteiger partial charge in [-0.25, -0.2) is 4.98 Å². The fraction of sp³-hybridized carbons (Fsp3) is 0.455. The fourth-order valence-electron chi connectivity index (χ4n) is 3.57. The number of thiocarbonyl (C=S) groups is 1. The summed E-state index contributed by atoms with van der Waals surface area (Å²) in [5.74, 6) is 0.889. The molecule has 0 bridgehead atoms. The highest BCUT2D eigenvalue weighted by atomic mass is 79.9. The minimum Gasteiger partial charge on any atom is -0.363 e. The zero-order chi connectivity index (χ0) is 22.1. The molecule has 2 N–H and O–H groups in total. The molecule has 9 heteroatoms. The van der Waals surface area contributed by atoms with Crippen molar-refractivity contribution in [1.29, 1.82) is 0 Å². The Balaban J connectivity index is 1.47. The molecular weight excluding hydrogens is 517 g/mol. The van der Waals surface area contributed by atoms with Gasteiger partial charge in [0.15, 0.2) is 5.11 Å². The number of rotatable bonds is 10. The first-order valence-electron chi connectivity index (χ1n) is 10.6. The second-order valence-corrected chi connectivity index (χ2v) is 9.73. The van der Waals surface area contributed by atoms with Gasteiger partial charge in [0.2, 0.25) is 0 Å². The molecule has 1 fully saturated rings. The molecule has 0 spiro atoms. The predicted molar refractivity (Wildman–Crippen MR) is 138 cm³/mol. The van der Waals surface area contributed by atoms with Gasteiger partial charge >= 0.3 is 0 Å². The average Bonchev–Trinajstić information content (AvgIpc) is 3.27. The number of benzene rings is 1. The number of pyridine rings is 1. The van der Waals surface area contributed by atoms with E-state index < -0.39 is 0 Å². The number of likely N-dealkylation sites (tertiary alicyclic amines) is 1. The normalized spacial score (nSPS) is 13.9. The lowest BCUT2D eigenvalue weighted by Gasteiger charge is -2.25. The predicted octanol–water partition coefficient (Wildman–Crippen LogP) is 5.11. The van der Waals surface area contributed by atoms with Gasteiger partial charge in [-0.3, -0.25) is 0 Å². The second-order valence-electron chi connectivity index (χ2n) is 7.59. The molecule has 1 aliphatic rings. The molecule has 1 aliphatic heterocycles. The summed E-state index contributed by atoms with van der Waals surface area (Å²) in [7, 11) is 0. The topological polar surface area (TPSA) is 43.4 Å². The number of halogens is 3. The lowest BCUT2D eigenvalue weighted by molar-refractivity contribution is 0.334. The van der Waals surface area contributed by atoms with Crippen LogP contribution in [0, 0.1) is 0 Å². The van der Waals surface area contributed by atoms with Crippen LogP contribution in [0.3, 0.4) is 0 Å². The summed E-state index contributed by atoms with van der Waals surface area (Å²) in [6.45, 7) is 6.62. The van der Waals surface area contributed by atoms with Crippen LogP contribution in [0.25, 0.3) is 0 Å². The summed E-state index contributed by atoms with van der Waals surface area (Å²) in [6.07, 6.45) is 5.57. The maximum atomic E-state index is 6.20. The molecule has 168 valence electrons. The molecule has 0 amide bonds. The first-order valence-corrected chi connectivity index (χ1v) is 12.5. The Morgan fingerprint density at radius 3 is 2.58 bits per heavy atom. The highest BCUT2D eigenvalue weighted by Gasteiger charge is 2.12. The van der Waals surface area contributed by atoms with E-state index in [0.717, 1.165) is 41.9 Å². The molecule has 0 atom stereocenters. The third-order valence-corrected chi connectivity index (χ3v) is 6.69. The van der Waals surface area contributed by atoms with E-state index in [-0.39, 0.29) is 0 Å². The fourth-order valence-corrected chi connectivity index (χ4v) is 4.33. The van der Waals surface area contributed by atoms with Gasteiger partial charge in [0.25, 0.3) is 0 Å². The summed E-state index contributed by atoms with van der Waals surface area (Å²) in [6, 6.07) is 9.70. The van der Waals surface area contributed by atoms with Crippen LogP contribution < -0.4 is 15.5 Å². The lowest BCUT2D eigenvalue weighted by Crippen LogP contribution is -2.41. The van der Waals surface area contributed by atoms with E-state index in [2.05, 4.69) is 41.3 Å². The van der Waals surface area contributed by atoms with Crippen molar-refractivity contribution in [2.75, 3.05) is 44.2 Å². The van der Waals surface area contributed by atoms with E-state index in [1.165, 1.54) is 25.9 Å². The molecule has 0 aliphatic carbocycles. The van der Waals surface area contributed by atoms with Crippen LogP contribution in [-0.2, 0) is 6.54 Å². The zero-order valence-corrected chi connectivity index (χ0v) is 21.3. The van der Waals surface area contributed by atoms with E-state index in [1.54, 1.807) is 6.20 Å². The molecule has 0 radical (unpaired) electrons. The number of nitrogens with one attached hydrogen (secondary N) is 2. The Morgan fingerprint density at radius 1 is 1.10 bits per heavy atom. The average molecular weight is 545 g/mol. The largest absolute Gasteiger partial charge is 0.363 e. The molecule has 2 heterocycles. The second kappa shape index (κ2) is 12.8. The SMILES string of the molecule is S=C(NCCCN1CCCC1)NCCN(Cc1ccc(Cl)c(Cl)c1)c1ccc(Br)cn1. The van der Waals surface area contributed by atoms with Gasteiger partial charge in [-0.2, -0.15) is 0 Å². The minimum absolute atomic E-state index is 0.556. The van der Waals surface area contributed by atoms with Gasteiger partial charge in [0.1, 0.15) is 5.82 Å². The Kier molecular flexibility index (Phi) is 10.1. The summed E-state index contributed by atoms with van der Waals surface area (Å²) >= 11 is 21.1. The standard InChI is InChI=1S/C22H28BrCl2N5S/c23-18-5-7-21(28-15-18)30(16-17-4-6-19(24)20(25)14-17)13-9-27-22(31)26-8-3-12-29-10-1-2-11-29/h4-7,14-15H,1-3,8-13,16H2,(H2,26,27,31). The molecule has 1 aromatic heterocycles. The van der Waals surface area contributed by atoms with Crippen molar-refractivity contribution in [3.63, 3.8) is 0 Å². The third-order valence-electron chi connectivity index (χ3n) is 5.20. The molecular formula is C22H28BrCl2N5S. The van der Waals surface area contributed by atoms with Crippen molar-refractivity contribution >= 4 is 62.3 Å². The maximum Gasteiger partial charge on any atom is 0.166 e. The van der Waals surface area contributed by atoms with Gasteiger partial charge < -0.3 is 20.4 Å². The first-order chi connectivity index (χ1) is 15.0. The van der Waals surface area contributed by atoms with Crippen molar-refractivity contribution in [3.8, 4) is 0 Å². The van der Waals surface area contributed by atoms with E-state index in [1.807, 2.05) is 30.3 Å². The smallest absolute Gasteiger partial charge is 0.166 e. The number of hydrogen-bond acceptors (Lipinski definition) is 4. The molecule has 1 aromatic carbocycles. The van der Waals surface area contributed by atoms with Crippen molar-refractivity contribution in [2.45, 2.75) is 25.8 Å². The quantitative estimate of drug-likeness (QED) is 0.320.